The standard InChI is InChI=1S/C9H10O4/c10-8(11)5-6-9(12)13-7-3-1-2-4-7/h3,5-6H,1-2,4H2,(H,10,11)/b6-5-. The molecule has 0 spiro atoms. The molecule has 0 bridgehead atoms. The minimum Gasteiger partial charge on any atom is -0.478 e. The minimum absolute atomic E-state index is 0.629. The highest BCUT2D eigenvalue weighted by Crippen LogP contribution is 2.18. The van der Waals surface area contributed by atoms with Crippen molar-refractivity contribution in [2.24, 2.45) is 0 Å². The predicted molar refractivity (Wildman–Crippen MR) is 44.8 cm³/mol. The summed E-state index contributed by atoms with van der Waals surface area (Å²) in [6, 6.07) is 0. The van der Waals surface area contributed by atoms with Gasteiger partial charge in [-0.1, -0.05) is 0 Å². The van der Waals surface area contributed by atoms with Gasteiger partial charge < -0.3 is 9.84 Å². The smallest absolute Gasteiger partial charge is 0.336 e. The average Bonchev–Trinajstić information content (AvgIpc) is 2.53. The van der Waals surface area contributed by atoms with Crippen molar-refractivity contribution in [1.82, 2.24) is 0 Å². The van der Waals surface area contributed by atoms with Crippen LogP contribution in [-0.4, -0.2) is 17.0 Å². The number of carboxylic acids is 1. The summed E-state index contributed by atoms with van der Waals surface area (Å²) in [7, 11) is 0. The number of hydrogen-bond acceptors (Lipinski definition) is 3. The summed E-state index contributed by atoms with van der Waals surface area (Å²) in [4.78, 5) is 20.9. The highest BCUT2D eigenvalue weighted by Gasteiger charge is 2.08. The van der Waals surface area contributed by atoms with Crippen LogP contribution in [0, 0.1) is 0 Å². The molecule has 0 aromatic rings. The molecule has 13 heavy (non-hydrogen) atoms. The maximum absolute atomic E-state index is 10.9. The Morgan fingerprint density at radius 1 is 1.46 bits per heavy atom. The predicted octanol–water partition coefficient (Wildman–Crippen LogP) is 1.24. The Bertz CT molecular complexity index is 275. The van der Waals surface area contributed by atoms with Crippen LogP contribution in [0.3, 0.4) is 0 Å². The highest BCUT2D eigenvalue weighted by atomic mass is 16.5. The van der Waals surface area contributed by atoms with Crippen molar-refractivity contribution >= 4 is 11.9 Å². The van der Waals surface area contributed by atoms with Crippen LogP contribution in [-0.2, 0) is 14.3 Å². The molecule has 0 aromatic heterocycles. The lowest BCUT2D eigenvalue weighted by atomic mass is 10.4. The number of carbonyl (C=O) groups is 2. The van der Waals surface area contributed by atoms with Crippen molar-refractivity contribution in [3.05, 3.63) is 24.0 Å². The lowest BCUT2D eigenvalue weighted by Gasteiger charge is -1.99. The SMILES string of the molecule is O=C(O)/C=C\C(=O)OC1=CCCC1. The second-order valence-electron chi connectivity index (χ2n) is 2.66. The molecule has 1 rings (SSSR count). The highest BCUT2D eigenvalue weighted by molar-refractivity contribution is 5.91. The Labute approximate surface area is 75.5 Å². The van der Waals surface area contributed by atoms with E-state index in [1.807, 2.05) is 6.08 Å². The Morgan fingerprint density at radius 3 is 2.77 bits per heavy atom. The molecule has 0 amide bonds. The molecule has 70 valence electrons. The van der Waals surface area contributed by atoms with E-state index in [1.165, 1.54) is 0 Å². The number of esters is 1. The second kappa shape index (κ2) is 4.45. The number of carbonyl (C=O) groups excluding carboxylic acids is 1. The quantitative estimate of drug-likeness (QED) is 0.526. The third-order valence-electron chi connectivity index (χ3n) is 1.59. The summed E-state index contributed by atoms with van der Waals surface area (Å²) in [5.41, 5.74) is 0. The van der Waals surface area contributed by atoms with Crippen LogP contribution < -0.4 is 0 Å². The molecule has 0 fully saturated rings. The van der Waals surface area contributed by atoms with Gasteiger partial charge in [-0.2, -0.15) is 0 Å². The van der Waals surface area contributed by atoms with E-state index in [-0.39, 0.29) is 0 Å². The Morgan fingerprint density at radius 2 is 2.23 bits per heavy atom. The number of allylic oxidation sites excluding steroid dienone is 2. The van der Waals surface area contributed by atoms with E-state index >= 15 is 0 Å². The fraction of sp³-hybridized carbons (Fsp3) is 0.333. The van der Waals surface area contributed by atoms with Gasteiger partial charge in [0.25, 0.3) is 0 Å². The van der Waals surface area contributed by atoms with Crippen molar-refractivity contribution in [2.45, 2.75) is 19.3 Å². The van der Waals surface area contributed by atoms with Gasteiger partial charge in [-0.25, -0.2) is 9.59 Å². The molecule has 0 atom stereocenters. The van der Waals surface area contributed by atoms with Crippen LogP contribution in [0.25, 0.3) is 0 Å². The van der Waals surface area contributed by atoms with Crippen molar-refractivity contribution in [3.63, 3.8) is 0 Å². The summed E-state index contributed by atoms with van der Waals surface area (Å²) in [6.07, 6.45) is 6.18. The van der Waals surface area contributed by atoms with Gasteiger partial charge >= 0.3 is 11.9 Å². The zero-order chi connectivity index (χ0) is 9.68. The van der Waals surface area contributed by atoms with E-state index in [9.17, 15) is 9.59 Å². The van der Waals surface area contributed by atoms with E-state index in [1.54, 1.807) is 0 Å². The molecular weight excluding hydrogens is 172 g/mol. The van der Waals surface area contributed by atoms with Crippen molar-refractivity contribution in [1.29, 1.82) is 0 Å². The second-order valence-corrected chi connectivity index (χ2v) is 2.66. The lowest BCUT2D eigenvalue weighted by molar-refractivity contribution is -0.135. The largest absolute Gasteiger partial charge is 0.478 e. The molecule has 1 aliphatic carbocycles. The van der Waals surface area contributed by atoms with Crippen molar-refractivity contribution in [2.75, 3.05) is 0 Å². The van der Waals surface area contributed by atoms with Gasteiger partial charge in [0.1, 0.15) is 5.76 Å². The summed E-state index contributed by atoms with van der Waals surface area (Å²) in [6.45, 7) is 0. The zero-order valence-corrected chi connectivity index (χ0v) is 7.03. The van der Waals surface area contributed by atoms with Gasteiger partial charge in [-0.3, -0.25) is 0 Å². The molecule has 0 radical (unpaired) electrons. The van der Waals surface area contributed by atoms with Crippen molar-refractivity contribution in [3.8, 4) is 0 Å². The third kappa shape index (κ3) is 3.55. The fourth-order valence-electron chi connectivity index (χ4n) is 1.04. The van der Waals surface area contributed by atoms with Crippen LogP contribution in [0.5, 0.6) is 0 Å². The van der Waals surface area contributed by atoms with Crippen LogP contribution in [0.2, 0.25) is 0 Å². The number of rotatable bonds is 3. The summed E-state index contributed by atoms with van der Waals surface area (Å²) in [5.74, 6) is -1.15. The van der Waals surface area contributed by atoms with Crippen molar-refractivity contribution < 1.29 is 19.4 Å². The summed E-state index contributed by atoms with van der Waals surface area (Å²) < 4.78 is 4.83. The molecule has 0 unspecified atom stereocenters. The van der Waals surface area contributed by atoms with E-state index in [2.05, 4.69) is 0 Å². The summed E-state index contributed by atoms with van der Waals surface area (Å²) in [5, 5.41) is 8.21. The molecule has 0 saturated heterocycles. The molecule has 0 heterocycles. The minimum atomic E-state index is -1.16. The zero-order valence-electron chi connectivity index (χ0n) is 7.03. The Kier molecular flexibility index (Phi) is 3.25. The average molecular weight is 182 g/mol. The van der Waals surface area contributed by atoms with Crippen LogP contribution in [0.15, 0.2) is 24.0 Å². The number of carboxylic acid groups (broad SMARTS) is 1. The Hall–Kier alpha value is -1.58. The van der Waals surface area contributed by atoms with E-state index < -0.39 is 11.9 Å². The maximum atomic E-state index is 10.9. The lowest BCUT2D eigenvalue weighted by Crippen LogP contribution is -2.00. The van der Waals surface area contributed by atoms with E-state index in [0.717, 1.165) is 31.4 Å². The summed E-state index contributed by atoms with van der Waals surface area (Å²) >= 11 is 0. The maximum Gasteiger partial charge on any atom is 0.336 e. The normalized spacial score (nSPS) is 15.8. The molecular formula is C9H10O4. The molecule has 0 saturated carbocycles. The monoisotopic (exact) mass is 182 g/mol. The molecule has 0 aromatic carbocycles. The first-order valence-corrected chi connectivity index (χ1v) is 4.00. The molecule has 1 N–H and O–H groups in total. The molecule has 1 aliphatic rings. The molecule has 0 aliphatic heterocycles. The van der Waals surface area contributed by atoms with Gasteiger partial charge in [-0.15, -0.1) is 0 Å². The molecule has 4 heteroatoms. The Balaban J connectivity index is 2.36. The topological polar surface area (TPSA) is 63.6 Å². The van der Waals surface area contributed by atoms with Crippen LogP contribution in [0.4, 0.5) is 0 Å². The van der Waals surface area contributed by atoms with Gasteiger partial charge in [0.15, 0.2) is 0 Å². The molecule has 4 nitrogen and oxygen atoms in total. The first kappa shape index (κ1) is 9.51. The third-order valence-corrected chi connectivity index (χ3v) is 1.59. The first-order valence-electron chi connectivity index (χ1n) is 4.00. The van der Waals surface area contributed by atoms with Crippen LogP contribution in [0.1, 0.15) is 19.3 Å². The van der Waals surface area contributed by atoms with E-state index in [4.69, 9.17) is 9.84 Å². The van der Waals surface area contributed by atoms with E-state index in [0.29, 0.717) is 5.76 Å². The van der Waals surface area contributed by atoms with Gasteiger partial charge in [0, 0.05) is 18.6 Å². The number of aliphatic carboxylic acids is 1. The van der Waals surface area contributed by atoms with Gasteiger partial charge in [-0.05, 0) is 18.9 Å². The first-order chi connectivity index (χ1) is 6.18. The fourth-order valence-corrected chi connectivity index (χ4v) is 1.04. The van der Waals surface area contributed by atoms with Gasteiger partial charge in [0.05, 0.1) is 0 Å². The van der Waals surface area contributed by atoms with Gasteiger partial charge in [0.2, 0.25) is 0 Å². The van der Waals surface area contributed by atoms with Crippen LogP contribution >= 0.6 is 0 Å². The number of ether oxygens (including phenoxy) is 1. The number of hydrogen-bond donors (Lipinski definition) is 1.